The molecule has 0 aliphatic rings. The van der Waals surface area contributed by atoms with E-state index in [2.05, 4.69) is 14.9 Å². The number of hydrogen-bond acceptors (Lipinski definition) is 4. The zero-order valence-electron chi connectivity index (χ0n) is 13.1. The van der Waals surface area contributed by atoms with E-state index in [4.69, 9.17) is 11.6 Å². The molecule has 0 saturated carbocycles. The number of carbonyl (C=O) groups excluding carboxylic acids is 1. The Morgan fingerprint density at radius 1 is 1.12 bits per heavy atom. The van der Waals surface area contributed by atoms with Crippen molar-refractivity contribution in [3.05, 3.63) is 81.3 Å². The van der Waals surface area contributed by atoms with Gasteiger partial charge < -0.3 is 5.32 Å². The van der Waals surface area contributed by atoms with Gasteiger partial charge in [0.05, 0.1) is 11.7 Å². The number of nitrogens with zero attached hydrogens (tertiary/aromatic N) is 2. The van der Waals surface area contributed by atoms with E-state index in [1.165, 1.54) is 0 Å². The maximum atomic E-state index is 12.7. The summed E-state index contributed by atoms with van der Waals surface area (Å²) in [5.74, 6) is -0.161. The summed E-state index contributed by atoms with van der Waals surface area (Å²) in [5, 5.41) is 7.77. The molecule has 3 rings (SSSR count). The standard InChI is InChI=1S/C18H16ClN3OS/c1-2-15-17(24-22-21-15)18(23)20-16(12-6-4-3-5-7-12)13-8-10-14(19)11-9-13/h3-11,16H,2H2,1H3,(H,20,23). The monoisotopic (exact) mass is 357 g/mol. The Morgan fingerprint density at radius 2 is 1.79 bits per heavy atom. The van der Waals surface area contributed by atoms with E-state index in [1.54, 1.807) is 0 Å². The third kappa shape index (κ3) is 3.63. The van der Waals surface area contributed by atoms with E-state index < -0.39 is 0 Å². The van der Waals surface area contributed by atoms with Crippen LogP contribution in [0.1, 0.15) is 39.5 Å². The Kier molecular flexibility index (Phi) is 5.23. The van der Waals surface area contributed by atoms with Crippen molar-refractivity contribution < 1.29 is 4.79 Å². The zero-order chi connectivity index (χ0) is 16.9. The summed E-state index contributed by atoms with van der Waals surface area (Å²) in [6.07, 6.45) is 0.677. The maximum absolute atomic E-state index is 12.7. The van der Waals surface area contributed by atoms with Crippen molar-refractivity contribution in [1.82, 2.24) is 14.9 Å². The first-order valence-electron chi connectivity index (χ1n) is 7.61. The van der Waals surface area contributed by atoms with Crippen molar-refractivity contribution in [2.75, 3.05) is 0 Å². The molecule has 1 unspecified atom stereocenters. The van der Waals surface area contributed by atoms with Gasteiger partial charge in [-0.1, -0.05) is 65.5 Å². The van der Waals surface area contributed by atoms with Crippen molar-refractivity contribution in [2.45, 2.75) is 19.4 Å². The van der Waals surface area contributed by atoms with Gasteiger partial charge in [0.2, 0.25) is 0 Å². The minimum atomic E-state index is -0.261. The number of aryl methyl sites for hydroxylation is 1. The van der Waals surface area contributed by atoms with E-state index in [9.17, 15) is 4.79 Å². The van der Waals surface area contributed by atoms with E-state index in [0.717, 1.165) is 28.4 Å². The van der Waals surface area contributed by atoms with Crippen LogP contribution in [0.3, 0.4) is 0 Å². The number of rotatable bonds is 5. The van der Waals surface area contributed by atoms with Crippen molar-refractivity contribution in [2.24, 2.45) is 0 Å². The summed E-state index contributed by atoms with van der Waals surface area (Å²) in [5.41, 5.74) is 2.69. The Bertz CT molecular complexity index is 818. The average Bonchev–Trinajstić information content (AvgIpc) is 3.10. The Balaban J connectivity index is 1.93. The predicted octanol–water partition coefficient (Wildman–Crippen LogP) is 4.27. The number of amides is 1. The van der Waals surface area contributed by atoms with Crippen LogP contribution in [-0.4, -0.2) is 15.5 Å². The fourth-order valence-corrected chi connectivity index (χ4v) is 3.25. The molecule has 2 aromatic carbocycles. The number of benzene rings is 2. The van der Waals surface area contributed by atoms with Crippen LogP contribution in [0.15, 0.2) is 54.6 Å². The van der Waals surface area contributed by atoms with Gasteiger partial charge in [-0.25, -0.2) is 0 Å². The molecule has 1 atom stereocenters. The van der Waals surface area contributed by atoms with Crippen molar-refractivity contribution in [1.29, 1.82) is 0 Å². The van der Waals surface area contributed by atoms with Gasteiger partial charge >= 0.3 is 0 Å². The van der Waals surface area contributed by atoms with Crippen molar-refractivity contribution in [3.8, 4) is 0 Å². The van der Waals surface area contributed by atoms with Gasteiger partial charge in [-0.2, -0.15) is 0 Å². The Hall–Kier alpha value is -2.24. The topological polar surface area (TPSA) is 54.9 Å². The van der Waals surface area contributed by atoms with Crippen LogP contribution in [-0.2, 0) is 6.42 Å². The molecule has 4 nitrogen and oxygen atoms in total. The fraction of sp³-hybridized carbons (Fsp3) is 0.167. The van der Waals surface area contributed by atoms with Crippen molar-refractivity contribution in [3.63, 3.8) is 0 Å². The van der Waals surface area contributed by atoms with E-state index >= 15 is 0 Å². The van der Waals surface area contributed by atoms with Gasteiger partial charge in [0, 0.05) is 5.02 Å². The molecule has 6 heteroatoms. The SMILES string of the molecule is CCc1nnsc1C(=O)NC(c1ccccc1)c1ccc(Cl)cc1. The summed E-state index contributed by atoms with van der Waals surface area (Å²) in [4.78, 5) is 13.3. The molecule has 0 spiro atoms. The summed E-state index contributed by atoms with van der Waals surface area (Å²) >= 11 is 7.11. The first-order chi connectivity index (χ1) is 11.7. The second kappa shape index (κ2) is 7.55. The normalized spacial score (nSPS) is 11.9. The molecule has 122 valence electrons. The van der Waals surface area contributed by atoms with Crippen LogP contribution in [0.25, 0.3) is 0 Å². The molecular formula is C18H16ClN3OS. The summed E-state index contributed by atoms with van der Waals surface area (Å²) in [6.45, 7) is 1.96. The van der Waals surface area contributed by atoms with Crippen LogP contribution < -0.4 is 5.32 Å². The first-order valence-corrected chi connectivity index (χ1v) is 8.76. The summed E-state index contributed by atoms with van der Waals surface area (Å²) in [7, 11) is 0. The lowest BCUT2D eigenvalue weighted by atomic mass is 9.98. The van der Waals surface area contributed by atoms with Crippen LogP contribution in [0.2, 0.25) is 5.02 Å². The fourth-order valence-electron chi connectivity index (χ4n) is 2.47. The molecule has 0 fully saturated rings. The molecule has 0 radical (unpaired) electrons. The molecule has 0 aliphatic heterocycles. The number of carbonyl (C=O) groups is 1. The second-order valence-corrected chi connectivity index (χ2v) is 6.46. The lowest BCUT2D eigenvalue weighted by molar-refractivity contribution is 0.0946. The minimum absolute atomic E-state index is 0.161. The second-order valence-electron chi connectivity index (χ2n) is 5.27. The number of aromatic nitrogens is 2. The number of nitrogens with one attached hydrogen (secondary N) is 1. The van der Waals surface area contributed by atoms with Crippen LogP contribution in [0.4, 0.5) is 0 Å². The highest BCUT2D eigenvalue weighted by molar-refractivity contribution is 7.08. The zero-order valence-corrected chi connectivity index (χ0v) is 14.6. The molecule has 0 aliphatic carbocycles. The van der Waals surface area contributed by atoms with Gasteiger partial charge in [0.1, 0.15) is 4.88 Å². The molecule has 1 N–H and O–H groups in total. The van der Waals surface area contributed by atoms with Gasteiger partial charge in [-0.15, -0.1) is 5.10 Å². The molecule has 0 bridgehead atoms. The smallest absolute Gasteiger partial charge is 0.265 e. The molecular weight excluding hydrogens is 342 g/mol. The number of halogens is 1. The highest BCUT2D eigenvalue weighted by Crippen LogP contribution is 2.24. The third-order valence-corrected chi connectivity index (χ3v) is 4.73. The Labute approximate surface area is 149 Å². The summed E-state index contributed by atoms with van der Waals surface area (Å²) < 4.78 is 3.89. The van der Waals surface area contributed by atoms with Gasteiger partial charge in [0.15, 0.2) is 0 Å². The number of hydrogen-bond donors (Lipinski definition) is 1. The minimum Gasteiger partial charge on any atom is -0.340 e. The average molecular weight is 358 g/mol. The molecule has 3 aromatic rings. The van der Waals surface area contributed by atoms with Gasteiger partial charge in [-0.3, -0.25) is 4.79 Å². The first kappa shape index (κ1) is 16.6. The maximum Gasteiger partial charge on any atom is 0.265 e. The largest absolute Gasteiger partial charge is 0.340 e. The molecule has 24 heavy (non-hydrogen) atoms. The molecule has 1 amide bonds. The van der Waals surface area contributed by atoms with Crippen LogP contribution in [0, 0.1) is 0 Å². The summed E-state index contributed by atoms with van der Waals surface area (Å²) in [6, 6.07) is 17.1. The molecule has 0 saturated heterocycles. The molecule has 1 heterocycles. The third-order valence-electron chi connectivity index (χ3n) is 3.71. The highest BCUT2D eigenvalue weighted by atomic mass is 35.5. The van der Waals surface area contributed by atoms with Gasteiger partial charge in [0.25, 0.3) is 5.91 Å². The van der Waals surface area contributed by atoms with Crippen LogP contribution in [0.5, 0.6) is 0 Å². The van der Waals surface area contributed by atoms with Crippen LogP contribution >= 0.6 is 23.1 Å². The predicted molar refractivity (Wildman–Crippen MR) is 96.5 cm³/mol. The lowest BCUT2D eigenvalue weighted by Gasteiger charge is -2.19. The lowest BCUT2D eigenvalue weighted by Crippen LogP contribution is -2.29. The quantitative estimate of drug-likeness (QED) is 0.741. The van der Waals surface area contributed by atoms with E-state index in [-0.39, 0.29) is 11.9 Å². The van der Waals surface area contributed by atoms with E-state index in [1.807, 2.05) is 61.5 Å². The highest BCUT2D eigenvalue weighted by Gasteiger charge is 2.21. The van der Waals surface area contributed by atoms with Gasteiger partial charge in [-0.05, 0) is 41.2 Å². The van der Waals surface area contributed by atoms with E-state index in [0.29, 0.717) is 16.3 Å². The van der Waals surface area contributed by atoms with Crippen molar-refractivity contribution >= 4 is 29.0 Å². The Morgan fingerprint density at radius 3 is 2.46 bits per heavy atom. The molecule has 1 aromatic heterocycles.